The molecule has 1 aromatic rings. The zero-order chi connectivity index (χ0) is 19.8. The first-order valence-electron chi connectivity index (χ1n) is 8.71. The lowest BCUT2D eigenvalue weighted by Crippen LogP contribution is -2.42. The maximum Gasteiger partial charge on any atom is 0.387 e. The zero-order valence-corrected chi connectivity index (χ0v) is 15.3. The van der Waals surface area contributed by atoms with Crippen LogP contribution in [0.1, 0.15) is 25.3 Å². The molecule has 6 nitrogen and oxygen atoms in total. The van der Waals surface area contributed by atoms with Gasteiger partial charge in [0.05, 0.1) is 19.6 Å². The second-order valence-corrected chi connectivity index (χ2v) is 6.00. The van der Waals surface area contributed by atoms with Crippen LogP contribution < -0.4 is 9.47 Å². The Morgan fingerprint density at radius 1 is 1.33 bits per heavy atom. The molecule has 0 spiro atoms. The summed E-state index contributed by atoms with van der Waals surface area (Å²) in [6.07, 6.45) is 4.38. The van der Waals surface area contributed by atoms with Crippen LogP contribution in [0, 0.1) is 5.92 Å². The van der Waals surface area contributed by atoms with E-state index in [0.717, 1.165) is 6.42 Å². The molecule has 2 rings (SSSR count). The van der Waals surface area contributed by atoms with Gasteiger partial charge < -0.3 is 19.1 Å². The monoisotopic (exact) mass is 383 g/mol. The second kappa shape index (κ2) is 9.89. The molecule has 1 atom stereocenters. The van der Waals surface area contributed by atoms with Crippen LogP contribution in [0.25, 0.3) is 6.08 Å². The summed E-state index contributed by atoms with van der Waals surface area (Å²) in [6.45, 7) is 0.0123. The number of benzene rings is 1. The van der Waals surface area contributed by atoms with E-state index >= 15 is 0 Å². The minimum Gasteiger partial charge on any atom is -0.493 e. The molecule has 1 saturated heterocycles. The maximum absolute atomic E-state index is 12.4. The molecule has 148 valence electrons. The molecule has 1 fully saturated rings. The number of piperidine rings is 1. The van der Waals surface area contributed by atoms with E-state index in [9.17, 15) is 18.4 Å². The Hall–Kier alpha value is -2.64. The fourth-order valence-electron chi connectivity index (χ4n) is 2.88. The Balaban J connectivity index is 2.02. The number of rotatable bonds is 7. The van der Waals surface area contributed by atoms with Crippen molar-refractivity contribution in [3.63, 3.8) is 0 Å². The lowest BCUT2D eigenvalue weighted by Gasteiger charge is -2.30. The summed E-state index contributed by atoms with van der Waals surface area (Å²) in [5, 5.41) is 0. The number of carbonyl (C=O) groups excluding carboxylic acids is 2. The second-order valence-electron chi connectivity index (χ2n) is 6.00. The fourth-order valence-corrected chi connectivity index (χ4v) is 2.88. The molecule has 1 aliphatic heterocycles. The van der Waals surface area contributed by atoms with Gasteiger partial charge in [0.1, 0.15) is 0 Å². The molecule has 1 heterocycles. The largest absolute Gasteiger partial charge is 0.493 e. The van der Waals surface area contributed by atoms with Crippen LogP contribution in [0.3, 0.4) is 0 Å². The molecule has 1 amide bonds. The summed E-state index contributed by atoms with van der Waals surface area (Å²) in [5.41, 5.74) is 0.598. The topological polar surface area (TPSA) is 65.1 Å². The molecule has 8 heteroatoms. The number of ether oxygens (including phenoxy) is 3. The molecule has 1 aliphatic rings. The number of hydrogen-bond acceptors (Lipinski definition) is 5. The van der Waals surface area contributed by atoms with Gasteiger partial charge in [-0.25, -0.2) is 0 Å². The van der Waals surface area contributed by atoms with Gasteiger partial charge in [0.2, 0.25) is 5.91 Å². The number of amides is 1. The van der Waals surface area contributed by atoms with E-state index in [1.807, 2.05) is 0 Å². The molecule has 0 N–H and O–H groups in total. The van der Waals surface area contributed by atoms with Crippen molar-refractivity contribution in [2.75, 3.05) is 26.8 Å². The molecule has 1 unspecified atom stereocenters. The Bertz CT molecular complexity index is 693. The third kappa shape index (κ3) is 5.94. The summed E-state index contributed by atoms with van der Waals surface area (Å²) >= 11 is 0. The first-order chi connectivity index (χ1) is 12.9. The van der Waals surface area contributed by atoms with Crippen LogP contribution in [-0.4, -0.2) is 50.2 Å². The first-order valence-corrected chi connectivity index (χ1v) is 8.71. The third-order valence-corrected chi connectivity index (χ3v) is 4.18. The summed E-state index contributed by atoms with van der Waals surface area (Å²) in [4.78, 5) is 25.9. The van der Waals surface area contributed by atoms with Crippen molar-refractivity contribution in [1.29, 1.82) is 0 Å². The van der Waals surface area contributed by atoms with Crippen LogP contribution in [0.4, 0.5) is 8.78 Å². The number of nitrogens with zero attached hydrogens (tertiary/aromatic N) is 1. The van der Waals surface area contributed by atoms with E-state index in [4.69, 9.17) is 9.47 Å². The number of alkyl halides is 2. The highest BCUT2D eigenvalue weighted by atomic mass is 19.3. The molecule has 27 heavy (non-hydrogen) atoms. The Labute approximate surface area is 156 Å². The fraction of sp³-hybridized carbons (Fsp3) is 0.474. The molecule has 1 aromatic carbocycles. The third-order valence-electron chi connectivity index (χ3n) is 4.18. The number of esters is 1. The van der Waals surface area contributed by atoms with Crippen molar-refractivity contribution >= 4 is 18.0 Å². The van der Waals surface area contributed by atoms with E-state index < -0.39 is 6.61 Å². The predicted molar refractivity (Wildman–Crippen MR) is 94.6 cm³/mol. The van der Waals surface area contributed by atoms with E-state index in [1.54, 1.807) is 24.0 Å². The predicted octanol–water partition coefficient (Wildman–Crippen LogP) is 3.11. The molecule has 0 saturated carbocycles. The first kappa shape index (κ1) is 20.7. The number of carbonyl (C=O) groups is 2. The van der Waals surface area contributed by atoms with Gasteiger partial charge in [-0.15, -0.1) is 0 Å². The van der Waals surface area contributed by atoms with E-state index in [2.05, 4.69) is 4.74 Å². The van der Waals surface area contributed by atoms with Gasteiger partial charge in [-0.05, 0) is 43.5 Å². The quantitative estimate of drug-likeness (QED) is 0.535. The molecule has 0 aromatic heterocycles. The van der Waals surface area contributed by atoms with Crippen LogP contribution in [0.15, 0.2) is 24.3 Å². The number of likely N-dealkylation sites (tertiary alicyclic amines) is 1. The van der Waals surface area contributed by atoms with Crippen molar-refractivity contribution in [1.82, 2.24) is 4.90 Å². The number of hydrogen-bond donors (Lipinski definition) is 0. The molecular weight excluding hydrogens is 360 g/mol. The normalized spacial score (nSPS) is 17.2. The van der Waals surface area contributed by atoms with Gasteiger partial charge in [-0.2, -0.15) is 8.78 Å². The van der Waals surface area contributed by atoms with Crippen molar-refractivity contribution in [2.45, 2.75) is 26.4 Å². The van der Waals surface area contributed by atoms with Crippen LogP contribution >= 0.6 is 0 Å². The molecule has 0 radical (unpaired) electrons. The SMILES string of the molecule is CCOC(=O)C1CCCN(C(=O)C=Cc2ccc(OC(F)F)c(OC)c2)C1. The summed E-state index contributed by atoms with van der Waals surface area (Å²) in [6, 6.07) is 4.40. The van der Waals surface area contributed by atoms with E-state index in [-0.39, 0.29) is 29.3 Å². The lowest BCUT2D eigenvalue weighted by atomic mass is 9.98. The average molecular weight is 383 g/mol. The van der Waals surface area contributed by atoms with Crippen molar-refractivity contribution in [3.05, 3.63) is 29.8 Å². The summed E-state index contributed by atoms with van der Waals surface area (Å²) in [7, 11) is 1.34. The van der Waals surface area contributed by atoms with Gasteiger partial charge in [0, 0.05) is 19.2 Å². The van der Waals surface area contributed by atoms with Crippen LogP contribution in [-0.2, 0) is 14.3 Å². The Morgan fingerprint density at radius 3 is 2.78 bits per heavy atom. The van der Waals surface area contributed by atoms with Crippen LogP contribution in [0.2, 0.25) is 0 Å². The highest BCUT2D eigenvalue weighted by Crippen LogP contribution is 2.30. The summed E-state index contributed by atoms with van der Waals surface area (Å²) in [5.74, 6) is -0.745. The summed E-state index contributed by atoms with van der Waals surface area (Å²) < 4.78 is 39.1. The van der Waals surface area contributed by atoms with Crippen molar-refractivity contribution in [2.24, 2.45) is 5.92 Å². The van der Waals surface area contributed by atoms with Crippen molar-refractivity contribution in [3.8, 4) is 11.5 Å². The zero-order valence-electron chi connectivity index (χ0n) is 15.3. The highest BCUT2D eigenvalue weighted by Gasteiger charge is 2.28. The molecular formula is C19H23F2NO5. The average Bonchev–Trinajstić information content (AvgIpc) is 2.66. The Kier molecular flexibility index (Phi) is 7.57. The van der Waals surface area contributed by atoms with Gasteiger partial charge in [0.25, 0.3) is 0 Å². The Morgan fingerprint density at radius 2 is 2.11 bits per heavy atom. The standard InChI is InChI=1S/C19H23F2NO5/c1-3-26-18(24)14-5-4-10-22(12-14)17(23)9-7-13-6-8-15(27-19(20)21)16(11-13)25-2/h6-9,11,14,19H,3-5,10,12H2,1-2H3. The number of methoxy groups -OCH3 is 1. The van der Waals surface area contributed by atoms with E-state index in [1.165, 1.54) is 25.3 Å². The van der Waals surface area contributed by atoms with Gasteiger partial charge >= 0.3 is 12.6 Å². The minimum atomic E-state index is -2.95. The smallest absolute Gasteiger partial charge is 0.387 e. The van der Waals surface area contributed by atoms with Gasteiger partial charge in [-0.1, -0.05) is 6.07 Å². The number of halogens is 2. The highest BCUT2D eigenvalue weighted by molar-refractivity contribution is 5.92. The van der Waals surface area contributed by atoms with Gasteiger partial charge in [0.15, 0.2) is 11.5 Å². The lowest BCUT2D eigenvalue weighted by molar-refractivity contribution is -0.150. The maximum atomic E-state index is 12.4. The van der Waals surface area contributed by atoms with Gasteiger partial charge in [-0.3, -0.25) is 9.59 Å². The van der Waals surface area contributed by atoms with Crippen LogP contribution in [0.5, 0.6) is 11.5 Å². The van der Waals surface area contributed by atoms with Crippen molar-refractivity contribution < 1.29 is 32.6 Å². The van der Waals surface area contributed by atoms with E-state index in [0.29, 0.717) is 31.7 Å². The minimum absolute atomic E-state index is 0.0794. The molecule has 0 bridgehead atoms. The molecule has 0 aliphatic carbocycles.